The summed E-state index contributed by atoms with van der Waals surface area (Å²) in [6, 6.07) is 10.3. The van der Waals surface area contributed by atoms with Gasteiger partial charge < -0.3 is 5.32 Å². The number of carbonyl (C=O) groups excluding carboxylic acids is 1. The SMILES string of the molecule is CC(C)C(CCCl)NC(=O)C1(c2ccccc2)CC1. The van der Waals surface area contributed by atoms with Gasteiger partial charge in [0, 0.05) is 11.9 Å². The normalized spacial score (nSPS) is 18.1. The zero-order valence-corrected chi connectivity index (χ0v) is 12.4. The van der Waals surface area contributed by atoms with Gasteiger partial charge in [-0.25, -0.2) is 0 Å². The largest absolute Gasteiger partial charge is 0.352 e. The Kier molecular flexibility index (Phi) is 4.51. The Morgan fingerprint density at radius 3 is 2.42 bits per heavy atom. The predicted molar refractivity (Wildman–Crippen MR) is 79.5 cm³/mol. The monoisotopic (exact) mass is 279 g/mol. The molecule has 19 heavy (non-hydrogen) atoms. The fourth-order valence-corrected chi connectivity index (χ4v) is 2.76. The third-order valence-electron chi connectivity index (χ3n) is 4.05. The Morgan fingerprint density at radius 2 is 1.95 bits per heavy atom. The highest BCUT2D eigenvalue weighted by Gasteiger charge is 2.51. The van der Waals surface area contributed by atoms with E-state index in [1.807, 2.05) is 18.2 Å². The van der Waals surface area contributed by atoms with Crippen LogP contribution in [0.1, 0.15) is 38.7 Å². The van der Waals surface area contributed by atoms with Crippen LogP contribution in [0.3, 0.4) is 0 Å². The molecule has 1 unspecified atom stereocenters. The Morgan fingerprint density at radius 1 is 1.32 bits per heavy atom. The molecule has 1 aliphatic rings. The van der Waals surface area contributed by atoms with Crippen molar-refractivity contribution in [2.45, 2.75) is 44.6 Å². The quantitative estimate of drug-likeness (QED) is 0.794. The van der Waals surface area contributed by atoms with E-state index in [-0.39, 0.29) is 17.4 Å². The molecule has 0 heterocycles. The molecule has 3 heteroatoms. The molecular weight excluding hydrogens is 258 g/mol. The second-order valence-corrected chi connectivity index (χ2v) is 6.13. The first-order chi connectivity index (χ1) is 9.10. The van der Waals surface area contributed by atoms with Gasteiger partial charge in [-0.05, 0) is 30.7 Å². The second-order valence-electron chi connectivity index (χ2n) is 5.75. The first-order valence-corrected chi connectivity index (χ1v) is 7.56. The average Bonchev–Trinajstić information content (AvgIpc) is 3.20. The fraction of sp³-hybridized carbons (Fsp3) is 0.562. The first-order valence-electron chi connectivity index (χ1n) is 7.02. The topological polar surface area (TPSA) is 29.1 Å². The molecule has 2 rings (SSSR count). The highest BCUT2D eigenvalue weighted by atomic mass is 35.5. The Hall–Kier alpha value is -1.02. The minimum atomic E-state index is -0.277. The van der Waals surface area contributed by atoms with Crippen LogP contribution in [0.15, 0.2) is 30.3 Å². The number of alkyl halides is 1. The number of hydrogen-bond donors (Lipinski definition) is 1. The molecule has 1 N–H and O–H groups in total. The van der Waals surface area contributed by atoms with E-state index in [2.05, 4.69) is 31.3 Å². The van der Waals surface area contributed by atoms with Crippen LogP contribution in [0.2, 0.25) is 0 Å². The van der Waals surface area contributed by atoms with Crippen molar-refractivity contribution in [1.29, 1.82) is 0 Å². The van der Waals surface area contributed by atoms with Gasteiger partial charge in [0.15, 0.2) is 0 Å². The van der Waals surface area contributed by atoms with Gasteiger partial charge in [-0.2, -0.15) is 0 Å². The van der Waals surface area contributed by atoms with E-state index in [1.165, 1.54) is 0 Å². The molecule has 0 spiro atoms. The molecule has 0 aliphatic heterocycles. The molecule has 104 valence electrons. The molecule has 1 amide bonds. The van der Waals surface area contributed by atoms with Crippen LogP contribution in [0.25, 0.3) is 0 Å². The number of carbonyl (C=O) groups is 1. The minimum absolute atomic E-state index is 0.169. The van der Waals surface area contributed by atoms with Crippen LogP contribution in [-0.4, -0.2) is 17.8 Å². The zero-order chi connectivity index (χ0) is 13.9. The Bertz CT molecular complexity index is 426. The van der Waals surface area contributed by atoms with E-state index in [0.29, 0.717) is 11.8 Å². The number of benzene rings is 1. The lowest BCUT2D eigenvalue weighted by molar-refractivity contribution is -0.124. The summed E-state index contributed by atoms with van der Waals surface area (Å²) < 4.78 is 0. The van der Waals surface area contributed by atoms with Crippen molar-refractivity contribution in [3.63, 3.8) is 0 Å². The summed E-state index contributed by atoms with van der Waals surface area (Å²) in [5.74, 6) is 1.17. The van der Waals surface area contributed by atoms with E-state index in [1.54, 1.807) is 0 Å². The number of rotatable bonds is 6. The van der Waals surface area contributed by atoms with Gasteiger partial charge in [0.1, 0.15) is 0 Å². The van der Waals surface area contributed by atoms with E-state index >= 15 is 0 Å². The van der Waals surface area contributed by atoms with Crippen molar-refractivity contribution in [3.05, 3.63) is 35.9 Å². The molecular formula is C16H22ClNO. The highest BCUT2D eigenvalue weighted by Crippen LogP contribution is 2.48. The molecule has 1 aromatic carbocycles. The van der Waals surface area contributed by atoms with E-state index < -0.39 is 0 Å². The van der Waals surface area contributed by atoms with Gasteiger partial charge >= 0.3 is 0 Å². The molecule has 0 saturated heterocycles. The van der Waals surface area contributed by atoms with Crippen LogP contribution in [0.5, 0.6) is 0 Å². The van der Waals surface area contributed by atoms with Crippen LogP contribution < -0.4 is 5.32 Å². The Labute approximate surface area is 120 Å². The van der Waals surface area contributed by atoms with Crippen LogP contribution >= 0.6 is 11.6 Å². The highest BCUT2D eigenvalue weighted by molar-refractivity contribution is 6.17. The molecule has 0 radical (unpaired) electrons. The van der Waals surface area contributed by atoms with Crippen molar-refractivity contribution < 1.29 is 4.79 Å². The molecule has 2 nitrogen and oxygen atoms in total. The van der Waals surface area contributed by atoms with Gasteiger partial charge in [0.25, 0.3) is 0 Å². The molecule has 1 aliphatic carbocycles. The van der Waals surface area contributed by atoms with Gasteiger partial charge in [0.05, 0.1) is 5.41 Å². The van der Waals surface area contributed by atoms with E-state index in [4.69, 9.17) is 11.6 Å². The number of halogens is 1. The zero-order valence-electron chi connectivity index (χ0n) is 11.7. The maximum atomic E-state index is 12.6. The third-order valence-corrected chi connectivity index (χ3v) is 4.27. The average molecular weight is 280 g/mol. The van der Waals surface area contributed by atoms with Gasteiger partial charge in [-0.3, -0.25) is 4.79 Å². The lowest BCUT2D eigenvalue weighted by atomic mass is 9.93. The van der Waals surface area contributed by atoms with Crippen molar-refractivity contribution in [3.8, 4) is 0 Å². The van der Waals surface area contributed by atoms with Crippen molar-refractivity contribution in [2.24, 2.45) is 5.92 Å². The lowest BCUT2D eigenvalue weighted by Crippen LogP contribution is -2.44. The minimum Gasteiger partial charge on any atom is -0.352 e. The Balaban J connectivity index is 2.07. The number of nitrogens with one attached hydrogen (secondary N) is 1. The fourth-order valence-electron chi connectivity index (χ4n) is 2.53. The van der Waals surface area contributed by atoms with Gasteiger partial charge in [-0.15, -0.1) is 11.6 Å². The summed E-state index contributed by atoms with van der Waals surface area (Å²) in [6.07, 6.45) is 2.74. The van der Waals surface area contributed by atoms with Crippen molar-refractivity contribution >= 4 is 17.5 Å². The first kappa shape index (κ1) is 14.4. The smallest absolute Gasteiger partial charge is 0.230 e. The molecule has 1 fully saturated rings. The summed E-state index contributed by atoms with van der Waals surface area (Å²) in [6.45, 7) is 4.25. The maximum Gasteiger partial charge on any atom is 0.230 e. The third kappa shape index (κ3) is 3.11. The van der Waals surface area contributed by atoms with Gasteiger partial charge in [0.2, 0.25) is 5.91 Å². The van der Waals surface area contributed by atoms with Crippen molar-refractivity contribution in [2.75, 3.05) is 5.88 Å². The standard InChI is InChI=1S/C16H22ClNO/c1-12(2)14(8-11-17)18-15(19)16(9-10-16)13-6-4-3-5-7-13/h3-7,12,14H,8-11H2,1-2H3,(H,18,19). The van der Waals surface area contributed by atoms with Crippen LogP contribution in [-0.2, 0) is 10.2 Å². The van der Waals surface area contributed by atoms with E-state index in [9.17, 15) is 4.79 Å². The molecule has 0 bridgehead atoms. The summed E-state index contributed by atoms with van der Waals surface area (Å²) >= 11 is 5.82. The number of amides is 1. The summed E-state index contributed by atoms with van der Waals surface area (Å²) in [4.78, 5) is 12.6. The van der Waals surface area contributed by atoms with Crippen LogP contribution in [0.4, 0.5) is 0 Å². The van der Waals surface area contributed by atoms with Gasteiger partial charge in [-0.1, -0.05) is 44.2 Å². The molecule has 0 aromatic heterocycles. The molecule has 1 saturated carbocycles. The second kappa shape index (κ2) is 5.96. The predicted octanol–water partition coefficient (Wildman–Crippen LogP) is 3.49. The van der Waals surface area contributed by atoms with Crippen LogP contribution in [0, 0.1) is 5.92 Å². The summed E-state index contributed by atoms with van der Waals surface area (Å²) in [5, 5.41) is 3.20. The van der Waals surface area contributed by atoms with Crippen molar-refractivity contribution in [1.82, 2.24) is 5.32 Å². The maximum absolute atomic E-state index is 12.6. The lowest BCUT2D eigenvalue weighted by Gasteiger charge is -2.25. The molecule has 1 aromatic rings. The summed E-state index contributed by atoms with van der Waals surface area (Å²) in [7, 11) is 0. The number of hydrogen-bond acceptors (Lipinski definition) is 1. The molecule has 1 atom stereocenters. The summed E-state index contributed by atoms with van der Waals surface area (Å²) in [5.41, 5.74) is 0.863. The van der Waals surface area contributed by atoms with E-state index in [0.717, 1.165) is 24.8 Å².